The largest absolute Gasteiger partial charge is 0.459 e. The summed E-state index contributed by atoms with van der Waals surface area (Å²) in [7, 11) is 1.30. The van der Waals surface area contributed by atoms with E-state index in [0.29, 0.717) is 25.2 Å². The Hall–Kier alpha value is -5.35. The normalized spacial score (nSPS) is 24.3. The predicted octanol–water partition coefficient (Wildman–Crippen LogP) is 6.61. The molecule has 0 aliphatic carbocycles. The fourth-order valence-corrected chi connectivity index (χ4v) is 9.75. The van der Waals surface area contributed by atoms with E-state index in [9.17, 15) is 48.5 Å². The zero-order valence-corrected chi connectivity index (χ0v) is 45.0. The van der Waals surface area contributed by atoms with Crippen molar-refractivity contribution in [3.8, 4) is 0 Å². The Balaban J connectivity index is 1.19. The van der Waals surface area contributed by atoms with Crippen LogP contribution in [-0.2, 0) is 52.5 Å². The Morgan fingerprint density at radius 3 is 2.24 bits per heavy atom. The minimum atomic E-state index is -1.66. The van der Waals surface area contributed by atoms with Gasteiger partial charge in [0.1, 0.15) is 23.8 Å². The Kier molecular flexibility index (Phi) is 24.2. The lowest BCUT2D eigenvalue weighted by atomic mass is 9.79. The standard InChI is InChI=1S/C53H79FN6O15/c1-28(2)47(72-45(66)26-41(63)46-34(8)51(68)73-52(46)69)49(70-10)42(64)25-40(62)33(7)39(61)16-12-31(5)48-32(6)19-21-53(75-48)20-18-30(4)43(74-53)17-13-29(3)35(9)59-71-27-44(65)56-22-11-23-57-50(67)36-14-15-37(54)38(24-36)58-60-55/h14-15,24,28-33,39,41-43,47-49,61,63-64H,11-13,16-23,25-27H2,1-10H3,(H,56,65)(H,57,67)/b59-35+/t29-,30+,31+,32-,33-,39-,41+,42+,43-,47+,48-,49+,53+/m0/s1. The van der Waals surface area contributed by atoms with Crippen LogP contribution < -0.4 is 10.6 Å². The number of esters is 3. The molecule has 2 fully saturated rings. The summed E-state index contributed by atoms with van der Waals surface area (Å²) in [5.74, 6) is -6.27. The molecule has 1 aromatic carbocycles. The van der Waals surface area contributed by atoms with Crippen molar-refractivity contribution in [1.82, 2.24) is 10.6 Å². The van der Waals surface area contributed by atoms with Gasteiger partial charge >= 0.3 is 17.9 Å². The van der Waals surface area contributed by atoms with E-state index in [1.165, 1.54) is 20.1 Å². The van der Waals surface area contributed by atoms with Gasteiger partial charge in [0.15, 0.2) is 12.4 Å². The van der Waals surface area contributed by atoms with Gasteiger partial charge in [0.2, 0.25) is 0 Å². The molecule has 1 spiro atoms. The molecule has 0 unspecified atom stereocenters. The number of aliphatic hydroxyl groups is 3. The molecule has 418 valence electrons. The van der Waals surface area contributed by atoms with Crippen molar-refractivity contribution in [2.45, 2.75) is 181 Å². The summed E-state index contributed by atoms with van der Waals surface area (Å²) in [5.41, 5.74) is 8.72. The summed E-state index contributed by atoms with van der Waals surface area (Å²) in [6, 6.07) is 3.48. The van der Waals surface area contributed by atoms with Crippen LogP contribution in [0, 0.1) is 41.3 Å². The first-order chi connectivity index (χ1) is 35.4. The molecule has 3 aliphatic rings. The van der Waals surface area contributed by atoms with E-state index in [2.05, 4.69) is 51.3 Å². The van der Waals surface area contributed by atoms with Gasteiger partial charge in [-0.1, -0.05) is 58.7 Å². The molecule has 0 radical (unpaired) electrons. The Morgan fingerprint density at radius 1 is 0.920 bits per heavy atom. The predicted molar refractivity (Wildman–Crippen MR) is 271 cm³/mol. The number of oxime groups is 1. The van der Waals surface area contributed by atoms with Crippen LogP contribution in [0.2, 0.25) is 0 Å². The lowest BCUT2D eigenvalue weighted by molar-refractivity contribution is -0.338. The van der Waals surface area contributed by atoms with Crippen LogP contribution in [0.4, 0.5) is 10.1 Å². The number of hydrogen-bond acceptors (Lipinski definition) is 17. The van der Waals surface area contributed by atoms with Gasteiger partial charge in [-0.3, -0.25) is 19.2 Å². The molecule has 0 aromatic heterocycles. The van der Waals surface area contributed by atoms with Crippen LogP contribution in [0.15, 0.2) is 39.6 Å². The zero-order valence-electron chi connectivity index (χ0n) is 45.0. The molecule has 21 nitrogen and oxygen atoms in total. The van der Waals surface area contributed by atoms with E-state index in [0.717, 1.165) is 56.4 Å². The summed E-state index contributed by atoms with van der Waals surface area (Å²) < 4.78 is 43.1. The first-order valence-electron chi connectivity index (χ1n) is 26.1. The van der Waals surface area contributed by atoms with Gasteiger partial charge in [0, 0.05) is 61.4 Å². The highest BCUT2D eigenvalue weighted by molar-refractivity contribution is 6.12. The van der Waals surface area contributed by atoms with Gasteiger partial charge in [-0.15, -0.1) is 0 Å². The quantitative estimate of drug-likeness (QED) is 0.00824. The van der Waals surface area contributed by atoms with Crippen molar-refractivity contribution < 1.29 is 77.0 Å². The second kappa shape index (κ2) is 29.2. The lowest BCUT2D eigenvalue weighted by Crippen LogP contribution is -2.53. The Morgan fingerprint density at radius 2 is 1.60 bits per heavy atom. The molecule has 3 heterocycles. The number of halogens is 1. The fraction of sp³-hybridized carbons (Fsp3) is 0.717. The molecule has 75 heavy (non-hydrogen) atoms. The number of aliphatic hydroxyl groups excluding tert-OH is 3. The van der Waals surface area contributed by atoms with Gasteiger partial charge in [-0.25, -0.2) is 14.0 Å². The van der Waals surface area contributed by atoms with Crippen molar-refractivity contribution in [3.63, 3.8) is 0 Å². The van der Waals surface area contributed by atoms with Crippen LogP contribution in [-0.4, -0.2) is 132 Å². The maximum absolute atomic E-state index is 13.7. The van der Waals surface area contributed by atoms with Crippen molar-refractivity contribution in [1.29, 1.82) is 0 Å². The number of ether oxygens (including phenoxy) is 5. The molecular weight excluding hydrogens is 980 g/mol. The van der Waals surface area contributed by atoms with E-state index < -0.39 is 96.4 Å². The molecule has 13 atom stereocenters. The lowest BCUT2D eigenvalue weighted by Gasteiger charge is -2.51. The summed E-state index contributed by atoms with van der Waals surface area (Å²) >= 11 is 0. The van der Waals surface area contributed by atoms with E-state index in [1.807, 2.05) is 13.8 Å². The number of ketones is 1. The number of methoxy groups -OCH3 is 1. The fourth-order valence-electron chi connectivity index (χ4n) is 9.75. The van der Waals surface area contributed by atoms with Crippen LogP contribution in [0.3, 0.4) is 0 Å². The zero-order chi connectivity index (χ0) is 55.7. The second-order valence-electron chi connectivity index (χ2n) is 21.0. The number of carbonyl (C=O) groups is 6. The van der Waals surface area contributed by atoms with Gasteiger partial charge in [-0.05, 0) is 112 Å². The molecule has 22 heteroatoms. The number of nitrogens with one attached hydrogen (secondary N) is 2. The third-order valence-electron chi connectivity index (χ3n) is 14.9. The van der Waals surface area contributed by atoms with Crippen molar-refractivity contribution >= 4 is 46.9 Å². The smallest absolute Gasteiger partial charge is 0.345 e. The van der Waals surface area contributed by atoms with Crippen molar-refractivity contribution in [3.05, 3.63) is 51.2 Å². The number of nitrogens with zero attached hydrogens (tertiary/aromatic N) is 4. The number of amides is 2. The van der Waals surface area contributed by atoms with Crippen molar-refractivity contribution in [2.75, 3.05) is 26.8 Å². The first-order valence-corrected chi connectivity index (χ1v) is 26.1. The topological polar surface area (TPSA) is 304 Å². The minimum absolute atomic E-state index is 0.0175. The molecule has 2 saturated heterocycles. The molecule has 4 rings (SSSR count). The molecule has 2 amide bonds. The van der Waals surface area contributed by atoms with Crippen LogP contribution >= 0.6 is 0 Å². The van der Waals surface area contributed by atoms with Crippen molar-refractivity contribution in [2.24, 2.45) is 45.8 Å². The highest BCUT2D eigenvalue weighted by atomic mass is 19.1. The number of hydrogen-bond donors (Lipinski definition) is 5. The maximum Gasteiger partial charge on any atom is 0.345 e. The summed E-state index contributed by atoms with van der Waals surface area (Å²) in [6.07, 6.45) is -1.41. The van der Waals surface area contributed by atoms with Crippen LogP contribution in [0.25, 0.3) is 10.4 Å². The number of carbonyl (C=O) groups excluding carboxylic acids is 6. The van der Waals surface area contributed by atoms with Gasteiger partial charge in [0.25, 0.3) is 11.8 Å². The summed E-state index contributed by atoms with van der Waals surface area (Å²) in [5, 5.41) is 45.9. The highest BCUT2D eigenvalue weighted by Crippen LogP contribution is 2.46. The molecule has 3 aliphatic heterocycles. The summed E-state index contributed by atoms with van der Waals surface area (Å²) in [6.45, 7) is 16.9. The highest BCUT2D eigenvalue weighted by Gasteiger charge is 2.48. The second-order valence-corrected chi connectivity index (χ2v) is 21.0. The van der Waals surface area contributed by atoms with E-state index in [4.69, 9.17) is 29.3 Å². The van der Waals surface area contributed by atoms with Gasteiger partial charge < -0.3 is 54.5 Å². The van der Waals surface area contributed by atoms with E-state index >= 15 is 0 Å². The molecule has 1 aromatic rings. The molecule has 5 N–H and O–H groups in total. The molecule has 0 bridgehead atoms. The number of cyclic esters (lactones) is 2. The Labute approximate surface area is 438 Å². The summed E-state index contributed by atoms with van der Waals surface area (Å²) in [4.78, 5) is 82.9. The van der Waals surface area contributed by atoms with Crippen LogP contribution in [0.5, 0.6) is 0 Å². The third-order valence-corrected chi connectivity index (χ3v) is 14.9. The minimum Gasteiger partial charge on any atom is -0.459 e. The Bertz CT molecular complexity index is 2270. The van der Waals surface area contributed by atoms with E-state index in [-0.39, 0.29) is 78.0 Å². The average Bonchev–Trinajstić information content (AvgIpc) is 3.63. The third kappa shape index (κ3) is 17.9. The van der Waals surface area contributed by atoms with Gasteiger partial charge in [-0.2, -0.15) is 0 Å². The monoisotopic (exact) mass is 1060 g/mol. The first kappa shape index (κ1) is 62.2. The molecular formula is C53H79FN6O15. The average molecular weight is 1060 g/mol. The van der Waals surface area contributed by atoms with Crippen LogP contribution in [0.1, 0.15) is 143 Å². The SMILES string of the molecule is CO[C@H]([C@H](O)CC(=O)[C@@H](C)[C@@H](O)CC[C@@H](C)[C@@H]1O[C@]2(CC[C@@H](C)[C@H](CC[C@H](C)/C(C)=N/OCC(=O)NCCCNC(=O)c3ccc(F)c(N=[N+]=[N-])c3)O2)CC[C@@H]1C)[C@H](OC(=O)C[C@@H](O)C1=C(C)C(=O)OC1=O)C(C)C. The molecule has 0 saturated carbocycles. The van der Waals surface area contributed by atoms with Gasteiger partial charge in [0.05, 0.1) is 53.9 Å². The number of benzene rings is 1. The number of azide groups is 1. The number of Topliss-reactive ketones (excluding diaryl/α,β-unsaturated/α-hetero) is 1. The maximum atomic E-state index is 13.7. The van der Waals surface area contributed by atoms with E-state index in [1.54, 1.807) is 20.8 Å². The number of rotatable bonds is 29.